The van der Waals surface area contributed by atoms with Crippen molar-refractivity contribution in [1.29, 1.82) is 0 Å². The molecule has 1 aromatic carbocycles. The van der Waals surface area contributed by atoms with Crippen LogP contribution in [0.4, 0.5) is 9.18 Å². The SMILES string of the molecule is C#CCN(Cc1ccc(F)cc1)C(=O)NCCCC(=O)O. The first-order chi connectivity index (χ1) is 10.0. The van der Waals surface area contributed by atoms with Crippen molar-refractivity contribution in [2.45, 2.75) is 19.4 Å². The first-order valence-corrected chi connectivity index (χ1v) is 6.45. The van der Waals surface area contributed by atoms with Gasteiger partial charge in [-0.2, -0.15) is 0 Å². The molecular formula is C15H17FN2O3. The van der Waals surface area contributed by atoms with Crippen molar-refractivity contribution in [3.8, 4) is 12.3 Å². The highest BCUT2D eigenvalue weighted by Gasteiger charge is 2.12. The molecular weight excluding hydrogens is 275 g/mol. The van der Waals surface area contributed by atoms with Gasteiger partial charge in [0.15, 0.2) is 0 Å². The molecule has 2 amide bonds. The molecule has 2 N–H and O–H groups in total. The molecule has 6 heteroatoms. The maximum atomic E-state index is 12.8. The summed E-state index contributed by atoms with van der Waals surface area (Å²) in [5.74, 6) is 1.13. The highest BCUT2D eigenvalue weighted by molar-refractivity contribution is 5.74. The number of urea groups is 1. The number of terminal acetylenes is 1. The largest absolute Gasteiger partial charge is 0.481 e. The van der Waals surface area contributed by atoms with Crippen molar-refractivity contribution in [1.82, 2.24) is 10.2 Å². The number of benzene rings is 1. The number of carbonyl (C=O) groups excluding carboxylic acids is 1. The molecule has 0 fully saturated rings. The average Bonchev–Trinajstić information content (AvgIpc) is 2.45. The van der Waals surface area contributed by atoms with E-state index in [4.69, 9.17) is 11.5 Å². The molecule has 0 atom stereocenters. The number of aliphatic carboxylic acids is 1. The van der Waals surface area contributed by atoms with Crippen LogP contribution in [0, 0.1) is 18.2 Å². The number of amides is 2. The van der Waals surface area contributed by atoms with Gasteiger partial charge in [-0.25, -0.2) is 9.18 Å². The van der Waals surface area contributed by atoms with Gasteiger partial charge in [0.25, 0.3) is 0 Å². The fourth-order valence-electron chi connectivity index (χ4n) is 1.67. The second-order valence-electron chi connectivity index (χ2n) is 4.42. The van der Waals surface area contributed by atoms with E-state index < -0.39 is 5.97 Å². The van der Waals surface area contributed by atoms with Gasteiger partial charge >= 0.3 is 12.0 Å². The summed E-state index contributed by atoms with van der Waals surface area (Å²) in [4.78, 5) is 23.7. The number of nitrogens with one attached hydrogen (secondary N) is 1. The van der Waals surface area contributed by atoms with Gasteiger partial charge in [-0.3, -0.25) is 4.79 Å². The van der Waals surface area contributed by atoms with Crippen LogP contribution < -0.4 is 5.32 Å². The Hall–Kier alpha value is -2.55. The van der Waals surface area contributed by atoms with Crippen molar-refractivity contribution in [2.75, 3.05) is 13.1 Å². The van der Waals surface area contributed by atoms with E-state index >= 15 is 0 Å². The minimum absolute atomic E-state index is 0.00657. The van der Waals surface area contributed by atoms with Crippen LogP contribution in [0.1, 0.15) is 18.4 Å². The summed E-state index contributed by atoms with van der Waals surface area (Å²) in [7, 11) is 0. The molecule has 0 saturated heterocycles. The number of halogens is 1. The lowest BCUT2D eigenvalue weighted by Gasteiger charge is -2.21. The zero-order valence-electron chi connectivity index (χ0n) is 11.5. The smallest absolute Gasteiger partial charge is 0.318 e. The molecule has 0 aliphatic rings. The van der Waals surface area contributed by atoms with Gasteiger partial charge in [-0.05, 0) is 24.1 Å². The van der Waals surface area contributed by atoms with Crippen molar-refractivity contribution < 1.29 is 19.1 Å². The third-order valence-corrected chi connectivity index (χ3v) is 2.70. The highest BCUT2D eigenvalue weighted by Crippen LogP contribution is 2.06. The van der Waals surface area contributed by atoms with Crippen LogP contribution in [0.25, 0.3) is 0 Å². The molecule has 0 heterocycles. The Bertz CT molecular complexity index is 523. The van der Waals surface area contributed by atoms with Crippen molar-refractivity contribution >= 4 is 12.0 Å². The summed E-state index contributed by atoms with van der Waals surface area (Å²) < 4.78 is 12.8. The second-order valence-corrected chi connectivity index (χ2v) is 4.42. The standard InChI is InChI=1S/C15H17FN2O3/c1-2-10-18(11-12-5-7-13(16)8-6-12)15(21)17-9-3-4-14(19)20/h1,5-8H,3-4,9-11H2,(H,17,21)(H,19,20). The maximum absolute atomic E-state index is 12.8. The number of carboxylic acid groups (broad SMARTS) is 1. The van der Waals surface area contributed by atoms with Crippen molar-refractivity contribution in [2.24, 2.45) is 0 Å². The van der Waals surface area contributed by atoms with E-state index in [1.54, 1.807) is 12.1 Å². The number of rotatable bonds is 7. The molecule has 0 aliphatic carbocycles. The second kappa shape index (κ2) is 8.59. The lowest BCUT2D eigenvalue weighted by Crippen LogP contribution is -2.40. The molecule has 1 rings (SSSR count). The van der Waals surface area contributed by atoms with E-state index in [1.165, 1.54) is 17.0 Å². The molecule has 112 valence electrons. The Morgan fingerprint density at radius 2 is 2.00 bits per heavy atom. The molecule has 0 radical (unpaired) electrons. The van der Waals surface area contributed by atoms with Gasteiger partial charge < -0.3 is 15.3 Å². The van der Waals surface area contributed by atoms with Crippen molar-refractivity contribution in [3.05, 3.63) is 35.6 Å². The Labute approximate surface area is 122 Å². The summed E-state index contributed by atoms with van der Waals surface area (Å²) in [6.07, 6.45) is 5.57. The van der Waals surface area contributed by atoms with Gasteiger partial charge in [0.1, 0.15) is 5.82 Å². The van der Waals surface area contributed by atoms with Gasteiger partial charge in [0.05, 0.1) is 6.54 Å². The summed E-state index contributed by atoms with van der Waals surface area (Å²) in [5.41, 5.74) is 0.757. The fourth-order valence-corrected chi connectivity index (χ4v) is 1.67. The highest BCUT2D eigenvalue weighted by atomic mass is 19.1. The van der Waals surface area contributed by atoms with Crippen LogP contribution in [0.5, 0.6) is 0 Å². The minimum atomic E-state index is -0.906. The quantitative estimate of drug-likeness (QED) is 0.595. The van der Waals surface area contributed by atoms with Crippen LogP contribution in [-0.2, 0) is 11.3 Å². The van der Waals surface area contributed by atoms with Gasteiger partial charge in [-0.15, -0.1) is 6.42 Å². The van der Waals surface area contributed by atoms with Gasteiger partial charge in [-0.1, -0.05) is 18.1 Å². The number of nitrogens with zero attached hydrogens (tertiary/aromatic N) is 1. The zero-order valence-corrected chi connectivity index (χ0v) is 11.5. The lowest BCUT2D eigenvalue weighted by atomic mass is 10.2. The van der Waals surface area contributed by atoms with Gasteiger partial charge in [0, 0.05) is 19.5 Å². The molecule has 0 spiro atoms. The Balaban J connectivity index is 2.51. The summed E-state index contributed by atoms with van der Waals surface area (Å²) in [6.45, 7) is 0.632. The Morgan fingerprint density at radius 3 is 2.57 bits per heavy atom. The first-order valence-electron chi connectivity index (χ1n) is 6.45. The normalized spacial score (nSPS) is 9.71. The number of carboxylic acids is 1. The van der Waals surface area contributed by atoms with Crippen LogP contribution >= 0.6 is 0 Å². The third-order valence-electron chi connectivity index (χ3n) is 2.70. The van der Waals surface area contributed by atoms with E-state index in [9.17, 15) is 14.0 Å². The average molecular weight is 292 g/mol. The molecule has 21 heavy (non-hydrogen) atoms. The van der Waals surface area contributed by atoms with E-state index in [0.717, 1.165) is 5.56 Å². The summed E-state index contributed by atoms with van der Waals surface area (Å²) in [6, 6.07) is 5.41. The number of hydrogen-bond donors (Lipinski definition) is 2. The van der Waals surface area contributed by atoms with Crippen LogP contribution in [0.3, 0.4) is 0 Å². The molecule has 0 unspecified atom stereocenters. The summed E-state index contributed by atoms with van der Waals surface area (Å²) in [5, 5.41) is 11.1. The predicted octanol–water partition coefficient (Wildman–Crippen LogP) is 1.84. The van der Waals surface area contributed by atoms with Crippen LogP contribution in [0.2, 0.25) is 0 Å². The lowest BCUT2D eigenvalue weighted by molar-refractivity contribution is -0.137. The maximum Gasteiger partial charge on any atom is 0.318 e. The van der Waals surface area contributed by atoms with E-state index in [0.29, 0.717) is 6.42 Å². The molecule has 0 saturated carbocycles. The first kappa shape index (κ1) is 16.5. The Morgan fingerprint density at radius 1 is 1.33 bits per heavy atom. The van der Waals surface area contributed by atoms with E-state index in [1.807, 2.05) is 0 Å². The topological polar surface area (TPSA) is 69.6 Å². The van der Waals surface area contributed by atoms with E-state index in [-0.39, 0.29) is 37.9 Å². The molecule has 0 aliphatic heterocycles. The molecule has 0 aromatic heterocycles. The molecule has 5 nitrogen and oxygen atoms in total. The molecule has 1 aromatic rings. The Kier molecular flexibility index (Phi) is 6.75. The van der Waals surface area contributed by atoms with Crippen molar-refractivity contribution in [3.63, 3.8) is 0 Å². The monoisotopic (exact) mass is 292 g/mol. The third kappa shape index (κ3) is 6.43. The molecule has 0 bridgehead atoms. The number of carbonyl (C=O) groups is 2. The van der Waals surface area contributed by atoms with Gasteiger partial charge in [0.2, 0.25) is 0 Å². The van der Waals surface area contributed by atoms with Crippen LogP contribution in [-0.4, -0.2) is 35.1 Å². The minimum Gasteiger partial charge on any atom is -0.481 e. The number of hydrogen-bond acceptors (Lipinski definition) is 2. The van der Waals surface area contributed by atoms with Crippen LogP contribution in [0.15, 0.2) is 24.3 Å². The van der Waals surface area contributed by atoms with E-state index in [2.05, 4.69) is 11.2 Å². The summed E-state index contributed by atoms with van der Waals surface area (Å²) >= 11 is 0. The fraction of sp³-hybridized carbons (Fsp3) is 0.333. The predicted molar refractivity (Wildman–Crippen MR) is 75.9 cm³/mol. The zero-order chi connectivity index (χ0) is 15.7.